The van der Waals surface area contributed by atoms with Crippen LogP contribution in [-0.4, -0.2) is 45.2 Å². The van der Waals surface area contributed by atoms with E-state index in [0.29, 0.717) is 40.8 Å². The molecule has 1 aliphatic heterocycles. The molecule has 166 valence electrons. The van der Waals surface area contributed by atoms with E-state index in [1.165, 1.54) is 18.5 Å². The zero-order valence-electron chi connectivity index (χ0n) is 17.5. The van der Waals surface area contributed by atoms with Gasteiger partial charge < -0.3 is 9.64 Å². The van der Waals surface area contributed by atoms with Gasteiger partial charge in [-0.2, -0.15) is 10.2 Å². The van der Waals surface area contributed by atoms with Crippen LogP contribution >= 0.6 is 11.6 Å². The lowest BCUT2D eigenvalue weighted by molar-refractivity contribution is 0.0769. The average molecular weight is 459 g/mol. The molecule has 9 heteroatoms. The van der Waals surface area contributed by atoms with E-state index in [9.17, 15) is 13.6 Å². The van der Waals surface area contributed by atoms with Crippen molar-refractivity contribution in [2.75, 3.05) is 13.1 Å². The Hall–Kier alpha value is -3.13. The van der Waals surface area contributed by atoms with E-state index >= 15 is 0 Å². The third-order valence-corrected chi connectivity index (χ3v) is 5.88. The molecule has 0 N–H and O–H groups in total. The van der Waals surface area contributed by atoms with Crippen LogP contribution in [-0.2, 0) is 0 Å². The number of carbonyl (C=O) groups is 1. The third kappa shape index (κ3) is 4.70. The maximum Gasteiger partial charge on any atom is 0.255 e. The molecule has 0 aliphatic carbocycles. The van der Waals surface area contributed by atoms with Crippen molar-refractivity contribution < 1.29 is 18.3 Å². The fourth-order valence-corrected chi connectivity index (χ4v) is 4.16. The lowest BCUT2D eigenvalue weighted by Gasteiger charge is -2.25. The highest BCUT2D eigenvalue weighted by molar-refractivity contribution is 6.30. The van der Waals surface area contributed by atoms with Gasteiger partial charge in [0.1, 0.15) is 6.10 Å². The number of aromatic nitrogens is 3. The van der Waals surface area contributed by atoms with Crippen molar-refractivity contribution in [2.24, 2.45) is 5.92 Å². The molecule has 1 aliphatic rings. The number of pyridine rings is 1. The third-order valence-electron chi connectivity index (χ3n) is 5.66. The lowest BCUT2D eigenvalue weighted by atomic mass is 9.85. The quantitative estimate of drug-likeness (QED) is 0.565. The van der Waals surface area contributed by atoms with Crippen LogP contribution in [0.3, 0.4) is 0 Å². The molecule has 0 saturated carbocycles. The highest BCUT2D eigenvalue weighted by atomic mass is 35.5. The molecule has 32 heavy (non-hydrogen) atoms. The second-order valence-electron chi connectivity index (χ2n) is 7.88. The van der Waals surface area contributed by atoms with E-state index in [4.69, 9.17) is 16.3 Å². The van der Waals surface area contributed by atoms with Crippen molar-refractivity contribution in [3.8, 4) is 5.88 Å². The number of ether oxygens (including phenoxy) is 1. The van der Waals surface area contributed by atoms with Crippen molar-refractivity contribution in [3.63, 3.8) is 0 Å². The van der Waals surface area contributed by atoms with Gasteiger partial charge in [-0.25, -0.2) is 13.8 Å². The highest BCUT2D eigenvalue weighted by Crippen LogP contribution is 2.37. The first-order valence-corrected chi connectivity index (χ1v) is 10.5. The molecule has 1 saturated heterocycles. The summed E-state index contributed by atoms with van der Waals surface area (Å²) in [5.74, 6) is -2.08. The van der Waals surface area contributed by atoms with E-state index in [2.05, 4.69) is 15.2 Å². The predicted octanol–water partition coefficient (Wildman–Crippen LogP) is 4.43. The number of amides is 1. The van der Waals surface area contributed by atoms with E-state index < -0.39 is 11.6 Å². The maximum absolute atomic E-state index is 14.0. The van der Waals surface area contributed by atoms with Gasteiger partial charge in [0.25, 0.3) is 5.91 Å². The summed E-state index contributed by atoms with van der Waals surface area (Å²) in [5.41, 5.74) is 1.66. The fourth-order valence-electron chi connectivity index (χ4n) is 4.05. The Balaban J connectivity index is 1.61. The molecule has 0 spiro atoms. The summed E-state index contributed by atoms with van der Waals surface area (Å²) in [4.78, 5) is 19.0. The Bertz CT molecular complexity index is 1130. The number of rotatable bonds is 5. The Kier molecular flexibility index (Phi) is 6.32. The number of nitrogens with zero attached hydrogens (tertiary/aromatic N) is 4. The number of hydrogen-bond donors (Lipinski definition) is 0. The minimum absolute atomic E-state index is 0.183. The van der Waals surface area contributed by atoms with Crippen molar-refractivity contribution in [3.05, 3.63) is 82.3 Å². The van der Waals surface area contributed by atoms with Crippen LogP contribution < -0.4 is 4.74 Å². The Morgan fingerprint density at radius 3 is 2.66 bits per heavy atom. The second kappa shape index (κ2) is 9.16. The lowest BCUT2D eigenvalue weighted by Crippen LogP contribution is -2.32. The molecule has 6 nitrogen and oxygen atoms in total. The first kappa shape index (κ1) is 22.1. The van der Waals surface area contributed by atoms with Gasteiger partial charge in [0.2, 0.25) is 5.88 Å². The molecule has 1 aromatic carbocycles. The van der Waals surface area contributed by atoms with Gasteiger partial charge in [0.05, 0.1) is 22.5 Å². The Morgan fingerprint density at radius 2 is 1.97 bits per heavy atom. The number of halogens is 3. The zero-order chi connectivity index (χ0) is 22.8. The summed E-state index contributed by atoms with van der Waals surface area (Å²) >= 11 is 5.89. The largest absolute Gasteiger partial charge is 0.474 e. The molecule has 2 aromatic heterocycles. The topological polar surface area (TPSA) is 68.2 Å². The van der Waals surface area contributed by atoms with E-state index in [-0.39, 0.29) is 23.8 Å². The van der Waals surface area contributed by atoms with E-state index in [0.717, 1.165) is 6.07 Å². The van der Waals surface area contributed by atoms with E-state index in [1.54, 1.807) is 36.1 Å². The molecule has 4 rings (SSSR count). The minimum atomic E-state index is -0.923. The van der Waals surface area contributed by atoms with Crippen LogP contribution in [0.5, 0.6) is 5.88 Å². The first-order valence-electron chi connectivity index (χ1n) is 10.1. The number of hydrogen-bond acceptors (Lipinski definition) is 5. The van der Waals surface area contributed by atoms with Gasteiger partial charge in [-0.3, -0.25) is 4.79 Å². The van der Waals surface area contributed by atoms with Crippen molar-refractivity contribution >= 4 is 17.5 Å². The summed E-state index contributed by atoms with van der Waals surface area (Å²) in [6, 6.07) is 8.85. The standard InChI is InChI=1S/C23H21ClF2N4O2/c1-13-7-16(9-28-29-13)23(31)30-11-18(14(2)32-22-6-4-17(24)10-27-22)19(12-30)15-3-5-20(25)21(26)8-15/h3-10,14,18-19H,11-12H2,1-2H3/t14-,18+,19+/m0/s1. The van der Waals surface area contributed by atoms with Crippen LogP contribution in [0.25, 0.3) is 0 Å². The average Bonchev–Trinajstić information content (AvgIpc) is 3.22. The van der Waals surface area contributed by atoms with Gasteiger partial charge >= 0.3 is 0 Å². The summed E-state index contributed by atoms with van der Waals surface area (Å²) in [6.45, 7) is 4.34. The van der Waals surface area contributed by atoms with Crippen LogP contribution in [0.4, 0.5) is 8.78 Å². The number of likely N-dealkylation sites (tertiary alicyclic amines) is 1. The molecular weight excluding hydrogens is 438 g/mol. The molecule has 3 aromatic rings. The molecule has 1 fully saturated rings. The minimum Gasteiger partial charge on any atom is -0.474 e. The fraction of sp³-hybridized carbons (Fsp3) is 0.304. The number of aryl methyl sites for hydroxylation is 1. The molecule has 0 unspecified atom stereocenters. The summed E-state index contributed by atoms with van der Waals surface area (Å²) in [6.07, 6.45) is 2.55. The van der Waals surface area contributed by atoms with Gasteiger partial charge in [0.15, 0.2) is 11.6 Å². The normalized spacial score (nSPS) is 19.1. The zero-order valence-corrected chi connectivity index (χ0v) is 18.3. The Labute approximate surface area is 189 Å². The SMILES string of the molecule is Cc1cc(C(=O)N2C[C@H]([C@H](C)Oc3ccc(Cl)cn3)[C@@H](c3ccc(F)c(F)c3)C2)cnn1. The van der Waals surface area contributed by atoms with Gasteiger partial charge in [-0.1, -0.05) is 17.7 Å². The summed E-state index contributed by atoms with van der Waals surface area (Å²) in [5, 5.41) is 8.24. The molecule has 1 amide bonds. The maximum atomic E-state index is 14.0. The Morgan fingerprint density at radius 1 is 1.16 bits per heavy atom. The first-order chi connectivity index (χ1) is 15.3. The highest BCUT2D eigenvalue weighted by Gasteiger charge is 2.40. The van der Waals surface area contributed by atoms with Gasteiger partial charge in [-0.05, 0) is 43.7 Å². The van der Waals surface area contributed by atoms with E-state index in [1.807, 2.05) is 6.92 Å². The van der Waals surface area contributed by atoms with Crippen molar-refractivity contribution in [1.82, 2.24) is 20.1 Å². The molecular formula is C23H21ClF2N4O2. The van der Waals surface area contributed by atoms with Gasteiger partial charge in [-0.15, -0.1) is 0 Å². The summed E-state index contributed by atoms with van der Waals surface area (Å²) < 4.78 is 33.5. The second-order valence-corrected chi connectivity index (χ2v) is 8.31. The van der Waals surface area contributed by atoms with Crippen molar-refractivity contribution in [2.45, 2.75) is 25.9 Å². The molecule has 3 atom stereocenters. The predicted molar refractivity (Wildman–Crippen MR) is 115 cm³/mol. The number of carbonyl (C=O) groups excluding carboxylic acids is 1. The molecule has 3 heterocycles. The smallest absolute Gasteiger partial charge is 0.255 e. The van der Waals surface area contributed by atoms with Crippen LogP contribution in [0.2, 0.25) is 5.02 Å². The van der Waals surface area contributed by atoms with Gasteiger partial charge in [0, 0.05) is 37.2 Å². The van der Waals surface area contributed by atoms with Crippen LogP contribution in [0.15, 0.2) is 48.8 Å². The molecule has 0 bridgehead atoms. The van der Waals surface area contributed by atoms with Crippen LogP contribution in [0, 0.1) is 24.5 Å². The number of benzene rings is 1. The summed E-state index contributed by atoms with van der Waals surface area (Å²) in [7, 11) is 0. The van der Waals surface area contributed by atoms with Crippen LogP contribution in [0.1, 0.15) is 34.5 Å². The van der Waals surface area contributed by atoms with Crippen molar-refractivity contribution in [1.29, 1.82) is 0 Å². The monoisotopic (exact) mass is 458 g/mol. The molecule has 0 radical (unpaired) electrons.